The topological polar surface area (TPSA) is 71.4 Å². The second-order valence-electron chi connectivity index (χ2n) is 6.29. The van der Waals surface area contributed by atoms with E-state index in [2.05, 4.69) is 19.9 Å². The smallest absolute Gasteiger partial charge is 0.180 e. The van der Waals surface area contributed by atoms with E-state index in [1.807, 2.05) is 6.92 Å². The number of hydrogen-bond donors (Lipinski definition) is 1. The zero-order chi connectivity index (χ0) is 17.4. The second kappa shape index (κ2) is 6.61. The van der Waals surface area contributed by atoms with Gasteiger partial charge in [0.2, 0.25) is 0 Å². The number of hydrogen-bond acceptors (Lipinski definition) is 7. The van der Waals surface area contributed by atoms with Crippen LogP contribution in [0.1, 0.15) is 10.6 Å². The van der Waals surface area contributed by atoms with Crippen molar-refractivity contribution in [3.63, 3.8) is 0 Å². The van der Waals surface area contributed by atoms with Crippen LogP contribution in [0.4, 0.5) is 15.3 Å². The standard InChI is InChI=1S/C17H20FN5OS/c1-11-15(25-17(19)20-11)4-5-22-6-8-23(9-7-22)16-13-3-2-12(18)10-14(13)24-21-16/h2-3,10H,4-9H2,1H3,(H2,19,20). The molecule has 1 aliphatic heterocycles. The summed E-state index contributed by atoms with van der Waals surface area (Å²) in [6.45, 7) is 6.69. The summed E-state index contributed by atoms with van der Waals surface area (Å²) in [6, 6.07) is 4.56. The first kappa shape index (κ1) is 16.3. The van der Waals surface area contributed by atoms with Gasteiger partial charge in [-0.1, -0.05) is 5.16 Å². The summed E-state index contributed by atoms with van der Waals surface area (Å²) in [6.07, 6.45) is 0.979. The number of halogens is 1. The molecule has 0 bridgehead atoms. The van der Waals surface area contributed by atoms with Crippen molar-refractivity contribution in [3.05, 3.63) is 34.6 Å². The monoisotopic (exact) mass is 361 g/mol. The highest BCUT2D eigenvalue weighted by Crippen LogP contribution is 2.27. The first-order chi connectivity index (χ1) is 12.1. The number of thiazole rings is 1. The van der Waals surface area contributed by atoms with Crippen LogP contribution < -0.4 is 10.6 Å². The maximum Gasteiger partial charge on any atom is 0.180 e. The van der Waals surface area contributed by atoms with Gasteiger partial charge in [-0.05, 0) is 25.5 Å². The molecule has 132 valence electrons. The molecule has 1 aromatic carbocycles. The molecule has 2 aromatic heterocycles. The molecule has 0 saturated carbocycles. The van der Waals surface area contributed by atoms with Crippen LogP contribution in [0.2, 0.25) is 0 Å². The van der Waals surface area contributed by atoms with Crippen molar-refractivity contribution in [1.82, 2.24) is 15.0 Å². The molecule has 1 fully saturated rings. The predicted octanol–water partition coefficient (Wildman–Crippen LogP) is 2.68. The summed E-state index contributed by atoms with van der Waals surface area (Å²) in [5.41, 5.74) is 7.30. The van der Waals surface area contributed by atoms with E-state index in [0.717, 1.165) is 56.0 Å². The van der Waals surface area contributed by atoms with Crippen molar-refractivity contribution >= 4 is 33.3 Å². The maximum absolute atomic E-state index is 13.3. The summed E-state index contributed by atoms with van der Waals surface area (Å²) < 4.78 is 18.5. The number of nitrogen functional groups attached to an aromatic ring is 1. The molecule has 0 aliphatic carbocycles. The molecule has 0 unspecified atom stereocenters. The summed E-state index contributed by atoms with van der Waals surface area (Å²) in [5.74, 6) is 0.500. The van der Waals surface area contributed by atoms with E-state index in [4.69, 9.17) is 10.3 Å². The molecule has 0 spiro atoms. The van der Waals surface area contributed by atoms with Crippen molar-refractivity contribution in [2.75, 3.05) is 43.4 Å². The molecule has 1 aliphatic rings. The summed E-state index contributed by atoms with van der Waals surface area (Å²) in [4.78, 5) is 10.2. The number of piperazine rings is 1. The molecule has 4 rings (SSSR count). The minimum Gasteiger partial charge on any atom is -0.375 e. The van der Waals surface area contributed by atoms with E-state index < -0.39 is 0 Å². The lowest BCUT2D eigenvalue weighted by Gasteiger charge is -2.34. The number of fused-ring (bicyclic) bond motifs is 1. The molecule has 0 atom stereocenters. The molecular weight excluding hydrogens is 341 g/mol. The van der Waals surface area contributed by atoms with E-state index in [-0.39, 0.29) is 5.82 Å². The van der Waals surface area contributed by atoms with Gasteiger partial charge in [-0.3, -0.25) is 4.90 Å². The van der Waals surface area contributed by atoms with Crippen LogP contribution in [0, 0.1) is 12.7 Å². The van der Waals surface area contributed by atoms with E-state index >= 15 is 0 Å². The van der Waals surface area contributed by atoms with Gasteiger partial charge < -0.3 is 15.2 Å². The van der Waals surface area contributed by atoms with Crippen molar-refractivity contribution < 1.29 is 8.91 Å². The second-order valence-corrected chi connectivity index (χ2v) is 7.40. The van der Waals surface area contributed by atoms with E-state index in [1.165, 1.54) is 17.0 Å². The number of anilines is 2. The molecule has 0 amide bonds. The first-order valence-corrected chi connectivity index (χ1v) is 9.16. The number of nitrogens with two attached hydrogens (primary N) is 1. The largest absolute Gasteiger partial charge is 0.375 e. The number of aromatic nitrogens is 2. The van der Waals surface area contributed by atoms with Gasteiger partial charge in [-0.15, -0.1) is 11.3 Å². The molecule has 25 heavy (non-hydrogen) atoms. The quantitative estimate of drug-likeness (QED) is 0.770. The Morgan fingerprint density at radius 2 is 2.08 bits per heavy atom. The number of benzene rings is 1. The van der Waals surface area contributed by atoms with E-state index in [1.54, 1.807) is 17.4 Å². The zero-order valence-electron chi connectivity index (χ0n) is 14.0. The van der Waals surface area contributed by atoms with Gasteiger partial charge in [0.15, 0.2) is 16.5 Å². The molecular formula is C17H20FN5OS. The number of aryl methyl sites for hydroxylation is 1. The van der Waals surface area contributed by atoms with Crippen LogP contribution >= 0.6 is 11.3 Å². The fourth-order valence-corrected chi connectivity index (χ4v) is 4.07. The van der Waals surface area contributed by atoms with Crippen molar-refractivity contribution in [3.8, 4) is 0 Å². The van der Waals surface area contributed by atoms with Crippen LogP contribution in [-0.4, -0.2) is 47.8 Å². The Kier molecular flexibility index (Phi) is 4.30. The Hall–Kier alpha value is -2.19. The lowest BCUT2D eigenvalue weighted by atomic mass is 10.2. The normalized spacial score (nSPS) is 16.0. The van der Waals surface area contributed by atoms with Crippen LogP contribution in [0.5, 0.6) is 0 Å². The fourth-order valence-electron chi connectivity index (χ4n) is 3.25. The highest BCUT2D eigenvalue weighted by Gasteiger charge is 2.22. The molecule has 1 saturated heterocycles. The minimum atomic E-state index is -0.306. The van der Waals surface area contributed by atoms with Crippen LogP contribution in [0.25, 0.3) is 11.0 Å². The van der Waals surface area contributed by atoms with E-state index in [0.29, 0.717) is 10.7 Å². The molecule has 3 aromatic rings. The van der Waals surface area contributed by atoms with Gasteiger partial charge in [0.25, 0.3) is 0 Å². The SMILES string of the molecule is Cc1nc(N)sc1CCN1CCN(c2noc3cc(F)ccc23)CC1. The lowest BCUT2D eigenvalue weighted by molar-refractivity contribution is 0.260. The molecule has 0 radical (unpaired) electrons. The molecule has 8 heteroatoms. The average Bonchev–Trinajstić information content (AvgIpc) is 3.15. The summed E-state index contributed by atoms with van der Waals surface area (Å²) in [7, 11) is 0. The van der Waals surface area contributed by atoms with E-state index in [9.17, 15) is 4.39 Å². The highest BCUT2D eigenvalue weighted by atomic mass is 32.1. The van der Waals surface area contributed by atoms with Crippen molar-refractivity contribution in [2.45, 2.75) is 13.3 Å². The Bertz CT molecular complexity index is 884. The summed E-state index contributed by atoms with van der Waals surface area (Å²) in [5, 5.41) is 5.65. The van der Waals surface area contributed by atoms with Gasteiger partial charge in [-0.25, -0.2) is 9.37 Å². The fraction of sp³-hybridized carbons (Fsp3) is 0.412. The molecule has 6 nitrogen and oxygen atoms in total. The van der Waals surface area contributed by atoms with Crippen molar-refractivity contribution in [2.24, 2.45) is 0 Å². The third-order valence-corrected chi connectivity index (χ3v) is 5.70. The zero-order valence-corrected chi connectivity index (χ0v) is 14.9. The molecule has 3 heterocycles. The maximum atomic E-state index is 13.3. The van der Waals surface area contributed by atoms with Crippen LogP contribution in [0.3, 0.4) is 0 Å². The van der Waals surface area contributed by atoms with Crippen molar-refractivity contribution in [1.29, 1.82) is 0 Å². The Morgan fingerprint density at radius 3 is 2.80 bits per heavy atom. The van der Waals surface area contributed by atoms with Gasteiger partial charge >= 0.3 is 0 Å². The average molecular weight is 361 g/mol. The number of rotatable bonds is 4. The number of nitrogens with zero attached hydrogens (tertiary/aromatic N) is 4. The Morgan fingerprint density at radius 1 is 1.28 bits per heavy atom. The molecule has 2 N–H and O–H groups in total. The van der Waals surface area contributed by atoms with Crippen LogP contribution in [-0.2, 0) is 6.42 Å². The first-order valence-electron chi connectivity index (χ1n) is 8.34. The van der Waals surface area contributed by atoms with Gasteiger partial charge in [0.05, 0.1) is 11.1 Å². The Labute approximate surface area is 149 Å². The van der Waals surface area contributed by atoms with Gasteiger partial charge in [-0.2, -0.15) is 0 Å². The minimum absolute atomic E-state index is 0.306. The van der Waals surface area contributed by atoms with Crippen LogP contribution in [0.15, 0.2) is 22.7 Å². The lowest BCUT2D eigenvalue weighted by Crippen LogP contribution is -2.47. The van der Waals surface area contributed by atoms with Gasteiger partial charge in [0.1, 0.15) is 5.82 Å². The summed E-state index contributed by atoms with van der Waals surface area (Å²) >= 11 is 1.58. The highest BCUT2D eigenvalue weighted by molar-refractivity contribution is 7.15. The Balaban J connectivity index is 1.37. The predicted molar refractivity (Wildman–Crippen MR) is 97.6 cm³/mol. The third-order valence-electron chi connectivity index (χ3n) is 4.65. The third kappa shape index (κ3) is 3.32. The van der Waals surface area contributed by atoms with Gasteiger partial charge in [0, 0.05) is 43.7 Å².